The van der Waals surface area contributed by atoms with Gasteiger partial charge in [0.2, 0.25) is 0 Å². The Morgan fingerprint density at radius 3 is 2.50 bits per heavy atom. The van der Waals surface area contributed by atoms with Crippen LogP contribution in [-0.4, -0.2) is 4.57 Å². The van der Waals surface area contributed by atoms with Crippen molar-refractivity contribution in [3.8, 4) is 0 Å². The number of hydrogen-bond acceptors (Lipinski definition) is 0. The monoisotopic (exact) mass is 243 g/mol. The topological polar surface area (TPSA) is 4.93 Å². The van der Waals surface area contributed by atoms with Gasteiger partial charge in [-0.15, -0.1) is 0 Å². The molecule has 0 aliphatic rings. The van der Waals surface area contributed by atoms with Gasteiger partial charge in [0, 0.05) is 17.6 Å². The Balaban J connectivity index is 2.31. The van der Waals surface area contributed by atoms with Crippen LogP contribution in [0.2, 0.25) is 0 Å². The van der Waals surface area contributed by atoms with Gasteiger partial charge < -0.3 is 4.57 Å². The van der Waals surface area contributed by atoms with Crippen LogP contribution in [0, 0.1) is 13.8 Å². The number of benzene rings is 1. The summed E-state index contributed by atoms with van der Waals surface area (Å²) < 4.78 is 2.47. The molecule has 0 fully saturated rings. The van der Waals surface area contributed by atoms with Crippen LogP contribution in [0.3, 0.4) is 0 Å². The zero-order valence-electron chi connectivity index (χ0n) is 12.2. The second kappa shape index (κ2) is 5.60. The van der Waals surface area contributed by atoms with Crippen molar-refractivity contribution < 1.29 is 0 Å². The van der Waals surface area contributed by atoms with E-state index in [1.54, 1.807) is 0 Å². The smallest absolute Gasteiger partial charge is 0.0515 e. The summed E-state index contributed by atoms with van der Waals surface area (Å²) in [7, 11) is 0. The Morgan fingerprint density at radius 1 is 1.06 bits per heavy atom. The van der Waals surface area contributed by atoms with E-state index in [1.807, 2.05) is 0 Å². The van der Waals surface area contributed by atoms with Crippen molar-refractivity contribution >= 4 is 10.9 Å². The first-order valence-corrected chi connectivity index (χ1v) is 7.22. The molecule has 1 atom stereocenters. The molecule has 1 heterocycles. The van der Waals surface area contributed by atoms with Crippen molar-refractivity contribution in [1.82, 2.24) is 4.57 Å². The number of aryl methyl sites for hydroxylation is 2. The van der Waals surface area contributed by atoms with Gasteiger partial charge in [-0.05, 0) is 44.4 Å². The maximum Gasteiger partial charge on any atom is 0.0515 e. The first-order chi connectivity index (χ1) is 8.65. The lowest BCUT2D eigenvalue weighted by molar-refractivity contribution is 0.489. The highest BCUT2D eigenvalue weighted by atomic mass is 15.0. The fourth-order valence-electron chi connectivity index (χ4n) is 2.80. The van der Waals surface area contributed by atoms with E-state index < -0.39 is 0 Å². The lowest BCUT2D eigenvalue weighted by atomic mass is 10.1. The van der Waals surface area contributed by atoms with Crippen molar-refractivity contribution in [2.45, 2.75) is 59.4 Å². The third-order valence-corrected chi connectivity index (χ3v) is 4.00. The summed E-state index contributed by atoms with van der Waals surface area (Å²) in [6.07, 6.45) is 7.54. The van der Waals surface area contributed by atoms with Crippen molar-refractivity contribution in [3.63, 3.8) is 0 Å². The molecule has 0 bridgehead atoms. The molecule has 0 aliphatic carbocycles. The lowest BCUT2D eigenvalue weighted by Crippen LogP contribution is -2.04. The van der Waals surface area contributed by atoms with E-state index in [-0.39, 0.29) is 0 Å². The Bertz CT molecular complexity index is 522. The van der Waals surface area contributed by atoms with Gasteiger partial charge >= 0.3 is 0 Å². The van der Waals surface area contributed by atoms with Crippen LogP contribution in [-0.2, 0) is 0 Å². The van der Waals surface area contributed by atoms with E-state index in [1.165, 1.54) is 47.7 Å². The summed E-state index contributed by atoms with van der Waals surface area (Å²) in [6.45, 7) is 9.03. The highest BCUT2D eigenvalue weighted by Gasteiger charge is 2.11. The van der Waals surface area contributed by atoms with Crippen LogP contribution in [0.4, 0.5) is 0 Å². The highest BCUT2D eigenvalue weighted by molar-refractivity contribution is 5.86. The summed E-state index contributed by atoms with van der Waals surface area (Å²) in [5, 5.41) is 1.41. The second-order valence-electron chi connectivity index (χ2n) is 5.53. The fraction of sp³-hybridized carbons (Fsp3) is 0.529. The van der Waals surface area contributed by atoms with Gasteiger partial charge in [-0.1, -0.05) is 38.3 Å². The molecule has 0 aliphatic heterocycles. The molecule has 1 nitrogen and oxygen atoms in total. The van der Waals surface area contributed by atoms with Gasteiger partial charge in [-0.3, -0.25) is 0 Å². The number of nitrogens with zero attached hydrogens (tertiary/aromatic N) is 1. The molecule has 1 heteroatoms. The molecule has 1 aromatic carbocycles. The Hall–Kier alpha value is -1.24. The minimum absolute atomic E-state index is 0.606. The SMILES string of the molecule is CCCCCC(C)n1ccc2c(C)ccc(C)c21. The van der Waals surface area contributed by atoms with Crippen molar-refractivity contribution in [3.05, 3.63) is 35.5 Å². The number of fused-ring (bicyclic) bond motifs is 1. The standard InChI is InChI=1S/C17H25N/c1-5-6-7-8-15(4)18-12-11-16-13(2)9-10-14(3)17(16)18/h9-12,15H,5-8H2,1-4H3. The molecule has 0 saturated carbocycles. The van der Waals surface area contributed by atoms with E-state index in [9.17, 15) is 0 Å². The van der Waals surface area contributed by atoms with E-state index in [2.05, 4.69) is 56.7 Å². The number of hydrogen-bond donors (Lipinski definition) is 0. The maximum absolute atomic E-state index is 2.47. The molecule has 0 amide bonds. The quantitative estimate of drug-likeness (QED) is 0.620. The van der Waals surface area contributed by atoms with E-state index >= 15 is 0 Å². The predicted octanol–water partition coefficient (Wildman–Crippen LogP) is 5.40. The zero-order chi connectivity index (χ0) is 13.1. The van der Waals surface area contributed by atoms with E-state index in [0.29, 0.717) is 6.04 Å². The first-order valence-electron chi connectivity index (χ1n) is 7.22. The van der Waals surface area contributed by atoms with Crippen LogP contribution >= 0.6 is 0 Å². The third kappa shape index (κ3) is 2.45. The summed E-state index contributed by atoms with van der Waals surface area (Å²) in [5.41, 5.74) is 4.21. The van der Waals surface area contributed by atoms with Gasteiger partial charge in [0.15, 0.2) is 0 Å². The fourth-order valence-corrected chi connectivity index (χ4v) is 2.80. The highest BCUT2D eigenvalue weighted by Crippen LogP contribution is 2.28. The third-order valence-electron chi connectivity index (χ3n) is 4.00. The molecule has 2 rings (SSSR count). The minimum atomic E-state index is 0.606. The molecule has 0 radical (unpaired) electrons. The normalized spacial score (nSPS) is 13.1. The van der Waals surface area contributed by atoms with E-state index in [4.69, 9.17) is 0 Å². The number of rotatable bonds is 5. The summed E-state index contributed by atoms with van der Waals surface area (Å²) in [4.78, 5) is 0. The van der Waals surface area contributed by atoms with Gasteiger partial charge in [0.1, 0.15) is 0 Å². The second-order valence-corrected chi connectivity index (χ2v) is 5.53. The molecule has 1 unspecified atom stereocenters. The Kier molecular flexibility index (Phi) is 4.11. The maximum atomic E-state index is 2.47. The Morgan fingerprint density at radius 2 is 1.78 bits per heavy atom. The van der Waals surface area contributed by atoms with Crippen LogP contribution in [0.1, 0.15) is 56.7 Å². The summed E-state index contributed by atoms with van der Waals surface area (Å²) in [6, 6.07) is 7.35. The molecule has 1 aromatic heterocycles. The summed E-state index contributed by atoms with van der Waals surface area (Å²) >= 11 is 0. The molecule has 0 spiro atoms. The van der Waals surface area contributed by atoms with Crippen LogP contribution in [0.15, 0.2) is 24.4 Å². The molecule has 0 saturated heterocycles. The molecule has 18 heavy (non-hydrogen) atoms. The summed E-state index contributed by atoms with van der Waals surface area (Å²) in [5.74, 6) is 0. The van der Waals surface area contributed by atoms with E-state index in [0.717, 1.165) is 0 Å². The predicted molar refractivity (Wildman–Crippen MR) is 80.3 cm³/mol. The van der Waals surface area contributed by atoms with Gasteiger partial charge in [0.25, 0.3) is 0 Å². The average Bonchev–Trinajstić information content (AvgIpc) is 2.80. The molecule has 98 valence electrons. The molecular weight excluding hydrogens is 218 g/mol. The van der Waals surface area contributed by atoms with Crippen LogP contribution < -0.4 is 0 Å². The van der Waals surface area contributed by atoms with Crippen molar-refractivity contribution in [1.29, 1.82) is 0 Å². The lowest BCUT2D eigenvalue weighted by Gasteiger charge is -2.16. The Labute approximate surface area is 111 Å². The first kappa shape index (κ1) is 13.2. The largest absolute Gasteiger partial charge is 0.344 e. The van der Waals surface area contributed by atoms with Crippen LogP contribution in [0.5, 0.6) is 0 Å². The van der Waals surface area contributed by atoms with Crippen LogP contribution in [0.25, 0.3) is 10.9 Å². The van der Waals surface area contributed by atoms with Gasteiger partial charge in [0.05, 0.1) is 5.52 Å². The zero-order valence-corrected chi connectivity index (χ0v) is 12.2. The average molecular weight is 243 g/mol. The minimum Gasteiger partial charge on any atom is -0.344 e. The van der Waals surface area contributed by atoms with Gasteiger partial charge in [-0.25, -0.2) is 0 Å². The van der Waals surface area contributed by atoms with Crippen molar-refractivity contribution in [2.75, 3.05) is 0 Å². The molecule has 2 aromatic rings. The molecule has 0 N–H and O–H groups in total. The number of unbranched alkanes of at least 4 members (excludes halogenated alkanes) is 2. The van der Waals surface area contributed by atoms with Crippen molar-refractivity contribution in [2.24, 2.45) is 0 Å². The number of aromatic nitrogens is 1. The van der Waals surface area contributed by atoms with Gasteiger partial charge in [-0.2, -0.15) is 0 Å². The molecular formula is C17H25N.